The highest BCUT2D eigenvalue weighted by atomic mass is 16.5. The Kier molecular flexibility index (Phi) is 8.70. The van der Waals surface area contributed by atoms with Gasteiger partial charge >= 0.3 is 0 Å². The average molecular weight is 320 g/mol. The first-order valence-electron chi connectivity index (χ1n) is 8.88. The number of hydrogen-bond acceptors (Lipinski definition) is 4. The second kappa shape index (κ2) is 10.3. The molecule has 0 amide bonds. The van der Waals surface area contributed by atoms with Crippen LogP contribution in [-0.2, 0) is 0 Å². The van der Waals surface area contributed by atoms with Gasteiger partial charge in [-0.05, 0) is 46.0 Å². The van der Waals surface area contributed by atoms with Crippen molar-refractivity contribution in [2.24, 2.45) is 0 Å². The van der Waals surface area contributed by atoms with Crippen molar-refractivity contribution in [1.29, 1.82) is 0 Å². The third-order valence-electron chi connectivity index (χ3n) is 4.24. The van der Waals surface area contributed by atoms with Crippen LogP contribution in [0.15, 0.2) is 18.2 Å². The van der Waals surface area contributed by atoms with E-state index in [2.05, 4.69) is 37.5 Å². The van der Waals surface area contributed by atoms with Crippen LogP contribution in [0.2, 0.25) is 0 Å². The van der Waals surface area contributed by atoms with E-state index < -0.39 is 0 Å². The molecule has 0 aliphatic rings. The van der Waals surface area contributed by atoms with Gasteiger partial charge in [0.1, 0.15) is 5.75 Å². The number of ether oxygens (including phenoxy) is 1. The molecule has 1 aromatic carbocycles. The largest absolute Gasteiger partial charge is 0.493 e. The van der Waals surface area contributed by atoms with Gasteiger partial charge < -0.3 is 14.5 Å². The van der Waals surface area contributed by atoms with Crippen LogP contribution < -0.4 is 9.64 Å². The van der Waals surface area contributed by atoms with E-state index in [-0.39, 0.29) is 5.78 Å². The SMILES string of the molecule is CCOc1cc(N(CC)CC)ccc1C(=O)CCN(CC)CC. The fourth-order valence-electron chi connectivity index (χ4n) is 2.74. The van der Waals surface area contributed by atoms with Gasteiger partial charge in [0.15, 0.2) is 5.78 Å². The van der Waals surface area contributed by atoms with E-state index in [9.17, 15) is 4.79 Å². The molecule has 0 unspecified atom stereocenters. The van der Waals surface area contributed by atoms with Crippen molar-refractivity contribution < 1.29 is 9.53 Å². The summed E-state index contributed by atoms with van der Waals surface area (Å²) < 4.78 is 5.74. The van der Waals surface area contributed by atoms with Crippen LogP contribution in [0.5, 0.6) is 5.75 Å². The molecule has 4 heteroatoms. The molecule has 0 bridgehead atoms. The minimum absolute atomic E-state index is 0.159. The summed E-state index contributed by atoms with van der Waals surface area (Å²) in [6, 6.07) is 5.95. The maximum atomic E-state index is 12.6. The lowest BCUT2D eigenvalue weighted by molar-refractivity contribution is 0.0963. The second-order valence-corrected chi connectivity index (χ2v) is 5.49. The van der Waals surface area contributed by atoms with Gasteiger partial charge in [0.2, 0.25) is 0 Å². The molecule has 23 heavy (non-hydrogen) atoms. The maximum absolute atomic E-state index is 12.6. The normalized spacial score (nSPS) is 10.9. The van der Waals surface area contributed by atoms with Crippen molar-refractivity contribution in [2.45, 2.75) is 41.0 Å². The standard InChI is InChI=1S/C19H32N2O2/c1-6-20(7-2)14-13-18(22)17-12-11-16(21(8-3)9-4)15-19(17)23-10-5/h11-12,15H,6-10,13-14H2,1-5H3. The number of rotatable bonds is 11. The summed E-state index contributed by atoms with van der Waals surface area (Å²) in [7, 11) is 0. The van der Waals surface area contributed by atoms with E-state index in [0.717, 1.165) is 38.4 Å². The second-order valence-electron chi connectivity index (χ2n) is 5.49. The Morgan fingerprint density at radius 3 is 2.17 bits per heavy atom. The molecule has 1 rings (SSSR count). The summed E-state index contributed by atoms with van der Waals surface area (Å²) in [6.07, 6.45) is 0.534. The third kappa shape index (κ3) is 5.54. The number of Topliss-reactive ketones (excluding diaryl/α,β-unsaturated/α-hetero) is 1. The number of ketones is 1. The molecule has 0 aliphatic carbocycles. The van der Waals surface area contributed by atoms with Crippen molar-refractivity contribution in [3.63, 3.8) is 0 Å². The highest BCUT2D eigenvalue weighted by Crippen LogP contribution is 2.27. The van der Waals surface area contributed by atoms with Gasteiger partial charge in [-0.25, -0.2) is 0 Å². The number of anilines is 1. The van der Waals surface area contributed by atoms with Crippen molar-refractivity contribution in [2.75, 3.05) is 44.2 Å². The molecule has 130 valence electrons. The molecule has 0 saturated carbocycles. The zero-order chi connectivity index (χ0) is 17.2. The first kappa shape index (κ1) is 19.5. The summed E-state index contributed by atoms with van der Waals surface area (Å²) in [6.45, 7) is 15.7. The van der Waals surface area contributed by atoms with Gasteiger partial charge in [0.25, 0.3) is 0 Å². The molecule has 0 atom stereocenters. The number of benzene rings is 1. The predicted octanol–water partition coefficient (Wildman–Crippen LogP) is 3.85. The molecule has 0 fully saturated rings. The van der Waals surface area contributed by atoms with E-state index in [1.165, 1.54) is 0 Å². The fraction of sp³-hybridized carbons (Fsp3) is 0.632. The molecule has 0 spiro atoms. The van der Waals surface area contributed by atoms with Crippen LogP contribution in [0.3, 0.4) is 0 Å². The van der Waals surface area contributed by atoms with Crippen LogP contribution in [-0.4, -0.2) is 50.0 Å². The van der Waals surface area contributed by atoms with E-state index in [1.54, 1.807) is 0 Å². The van der Waals surface area contributed by atoms with Crippen molar-refractivity contribution in [3.8, 4) is 5.75 Å². The Morgan fingerprint density at radius 2 is 1.65 bits per heavy atom. The predicted molar refractivity (Wildman–Crippen MR) is 97.9 cm³/mol. The van der Waals surface area contributed by atoms with Gasteiger partial charge in [-0.15, -0.1) is 0 Å². The van der Waals surface area contributed by atoms with Crippen LogP contribution in [0, 0.1) is 0 Å². The Balaban J connectivity index is 2.94. The third-order valence-corrected chi connectivity index (χ3v) is 4.24. The molecule has 0 N–H and O–H groups in total. The molecule has 0 aliphatic heterocycles. The highest BCUT2D eigenvalue weighted by molar-refractivity contribution is 5.99. The van der Waals surface area contributed by atoms with E-state index >= 15 is 0 Å². The summed E-state index contributed by atoms with van der Waals surface area (Å²) >= 11 is 0. The molecule has 0 heterocycles. The van der Waals surface area contributed by atoms with E-state index in [0.29, 0.717) is 24.3 Å². The van der Waals surface area contributed by atoms with Crippen molar-refractivity contribution in [3.05, 3.63) is 23.8 Å². The molecular weight excluding hydrogens is 288 g/mol. The summed E-state index contributed by atoms with van der Waals surface area (Å²) in [4.78, 5) is 17.1. The Bertz CT molecular complexity index is 480. The minimum Gasteiger partial charge on any atom is -0.493 e. The van der Waals surface area contributed by atoms with Gasteiger partial charge in [-0.2, -0.15) is 0 Å². The lowest BCUT2D eigenvalue weighted by Crippen LogP contribution is -2.26. The fourth-order valence-corrected chi connectivity index (χ4v) is 2.74. The van der Waals surface area contributed by atoms with Crippen LogP contribution >= 0.6 is 0 Å². The number of carbonyl (C=O) groups is 1. The number of nitrogens with zero attached hydrogens (tertiary/aromatic N) is 2. The average Bonchev–Trinajstić information content (AvgIpc) is 2.57. The number of carbonyl (C=O) groups excluding carboxylic acids is 1. The molecule has 4 nitrogen and oxygen atoms in total. The Labute approximate surface area is 141 Å². The first-order valence-corrected chi connectivity index (χ1v) is 8.88. The zero-order valence-electron chi connectivity index (χ0n) is 15.4. The highest BCUT2D eigenvalue weighted by Gasteiger charge is 2.15. The lowest BCUT2D eigenvalue weighted by Gasteiger charge is -2.23. The van der Waals surface area contributed by atoms with Gasteiger partial charge in [-0.3, -0.25) is 4.79 Å². The minimum atomic E-state index is 0.159. The van der Waals surface area contributed by atoms with Crippen LogP contribution in [0.1, 0.15) is 51.4 Å². The van der Waals surface area contributed by atoms with E-state index in [4.69, 9.17) is 4.74 Å². The van der Waals surface area contributed by atoms with Crippen molar-refractivity contribution in [1.82, 2.24) is 4.90 Å². The van der Waals surface area contributed by atoms with Crippen LogP contribution in [0.4, 0.5) is 5.69 Å². The van der Waals surface area contributed by atoms with E-state index in [1.807, 2.05) is 25.1 Å². The smallest absolute Gasteiger partial charge is 0.167 e. The van der Waals surface area contributed by atoms with Gasteiger partial charge in [0, 0.05) is 37.8 Å². The molecule has 0 radical (unpaired) electrons. The summed E-state index contributed by atoms with van der Waals surface area (Å²) in [5.41, 5.74) is 1.81. The van der Waals surface area contributed by atoms with Gasteiger partial charge in [0.05, 0.1) is 12.2 Å². The molecule has 0 saturated heterocycles. The quantitative estimate of drug-likeness (QED) is 0.580. The summed E-state index contributed by atoms with van der Waals surface area (Å²) in [5.74, 6) is 0.868. The van der Waals surface area contributed by atoms with Crippen LogP contribution in [0.25, 0.3) is 0 Å². The molecule has 1 aromatic rings. The van der Waals surface area contributed by atoms with Crippen molar-refractivity contribution >= 4 is 11.5 Å². The van der Waals surface area contributed by atoms with Gasteiger partial charge in [-0.1, -0.05) is 13.8 Å². The zero-order valence-corrected chi connectivity index (χ0v) is 15.4. The lowest BCUT2D eigenvalue weighted by atomic mass is 10.1. The Morgan fingerprint density at radius 1 is 1.00 bits per heavy atom. The topological polar surface area (TPSA) is 32.8 Å². The molecular formula is C19H32N2O2. The maximum Gasteiger partial charge on any atom is 0.167 e. The summed E-state index contributed by atoms with van der Waals surface area (Å²) in [5, 5.41) is 0. The monoisotopic (exact) mass is 320 g/mol. The Hall–Kier alpha value is -1.55. The first-order chi connectivity index (χ1) is 11.1. The number of hydrogen-bond donors (Lipinski definition) is 0. The molecule has 0 aromatic heterocycles.